The molecule has 0 amide bonds. The standard InChI is InChI=1S/C39H35N3Si/c1-39(2)35-22-29(9-11-33(35)34-12-10-32(25-36(34)39)43(3,4)5)28-7-6-8-30(21-28)38-24-31(26-13-17-40-18-14-26)23-37(42-38)27-15-19-41-20-16-27/h6-25H,1-5H3. The molecular formula is C39H35N3Si. The minimum Gasteiger partial charge on any atom is -0.265 e. The Kier molecular flexibility index (Phi) is 6.48. The van der Waals surface area contributed by atoms with E-state index in [0.29, 0.717) is 0 Å². The third-order valence-electron chi connectivity index (χ3n) is 8.85. The van der Waals surface area contributed by atoms with Gasteiger partial charge in [-0.3, -0.25) is 9.97 Å². The van der Waals surface area contributed by atoms with Gasteiger partial charge < -0.3 is 0 Å². The highest BCUT2D eigenvalue weighted by molar-refractivity contribution is 6.88. The summed E-state index contributed by atoms with van der Waals surface area (Å²) in [5.41, 5.74) is 14.2. The van der Waals surface area contributed by atoms with Crippen molar-refractivity contribution in [3.63, 3.8) is 0 Å². The lowest BCUT2D eigenvalue weighted by atomic mass is 9.81. The molecule has 4 heteroatoms. The Labute approximate surface area is 255 Å². The van der Waals surface area contributed by atoms with Gasteiger partial charge >= 0.3 is 0 Å². The van der Waals surface area contributed by atoms with Crippen molar-refractivity contribution in [1.29, 1.82) is 0 Å². The van der Waals surface area contributed by atoms with Crippen LogP contribution in [0.5, 0.6) is 0 Å². The summed E-state index contributed by atoms with van der Waals surface area (Å²) in [6, 6.07) is 35.4. The van der Waals surface area contributed by atoms with E-state index in [1.54, 1.807) is 0 Å². The number of rotatable bonds is 5. The number of nitrogens with zero attached hydrogens (tertiary/aromatic N) is 3. The molecule has 0 fully saturated rings. The van der Waals surface area contributed by atoms with E-state index in [9.17, 15) is 0 Å². The van der Waals surface area contributed by atoms with Crippen molar-refractivity contribution in [2.75, 3.05) is 0 Å². The fourth-order valence-electron chi connectivity index (χ4n) is 6.30. The van der Waals surface area contributed by atoms with Crippen molar-refractivity contribution in [2.45, 2.75) is 38.9 Å². The van der Waals surface area contributed by atoms with E-state index in [1.165, 1.54) is 38.6 Å². The fourth-order valence-corrected chi connectivity index (χ4v) is 7.46. The normalized spacial score (nSPS) is 13.4. The molecule has 3 nitrogen and oxygen atoms in total. The molecule has 1 aliphatic carbocycles. The van der Waals surface area contributed by atoms with Gasteiger partial charge in [0.15, 0.2) is 0 Å². The molecule has 0 N–H and O–H groups in total. The summed E-state index contributed by atoms with van der Waals surface area (Å²) in [6.07, 6.45) is 7.30. The molecule has 7 rings (SSSR count). The highest BCUT2D eigenvalue weighted by Gasteiger charge is 2.36. The van der Waals surface area contributed by atoms with E-state index >= 15 is 0 Å². The van der Waals surface area contributed by atoms with E-state index in [4.69, 9.17) is 4.98 Å². The van der Waals surface area contributed by atoms with Gasteiger partial charge in [-0.2, -0.15) is 0 Å². The average molecular weight is 574 g/mol. The Morgan fingerprint density at radius 3 is 1.72 bits per heavy atom. The SMILES string of the molecule is CC1(C)c2cc(-c3cccc(-c4cc(-c5ccncc5)cc(-c5ccncc5)n4)c3)ccc2-c2ccc([Si](C)(C)C)cc21. The molecule has 0 saturated heterocycles. The van der Waals surface area contributed by atoms with Gasteiger partial charge in [-0.25, -0.2) is 4.98 Å². The second-order valence-corrected chi connectivity index (χ2v) is 18.2. The van der Waals surface area contributed by atoms with Crippen molar-refractivity contribution in [1.82, 2.24) is 15.0 Å². The Balaban J connectivity index is 1.31. The van der Waals surface area contributed by atoms with Crippen LogP contribution in [0.1, 0.15) is 25.0 Å². The molecule has 1 aliphatic rings. The first kappa shape index (κ1) is 27.2. The molecule has 0 bridgehead atoms. The van der Waals surface area contributed by atoms with Crippen molar-refractivity contribution in [3.05, 3.63) is 133 Å². The molecule has 0 saturated carbocycles. The van der Waals surface area contributed by atoms with Gasteiger partial charge in [-0.15, -0.1) is 0 Å². The van der Waals surface area contributed by atoms with E-state index in [2.05, 4.69) is 116 Å². The lowest BCUT2D eigenvalue weighted by molar-refractivity contribution is 0.661. The van der Waals surface area contributed by atoms with Crippen LogP contribution in [0.25, 0.3) is 55.9 Å². The Bertz CT molecular complexity index is 1920. The zero-order valence-electron chi connectivity index (χ0n) is 25.4. The minimum atomic E-state index is -1.41. The number of aromatic nitrogens is 3. The molecule has 6 aromatic rings. The van der Waals surface area contributed by atoms with E-state index in [-0.39, 0.29) is 5.41 Å². The van der Waals surface area contributed by atoms with Crippen molar-refractivity contribution in [3.8, 4) is 55.9 Å². The number of pyridine rings is 3. The van der Waals surface area contributed by atoms with Crippen LogP contribution < -0.4 is 5.19 Å². The molecule has 0 unspecified atom stereocenters. The van der Waals surface area contributed by atoms with E-state index in [0.717, 1.165) is 33.6 Å². The van der Waals surface area contributed by atoms with Gasteiger partial charge in [0, 0.05) is 41.3 Å². The van der Waals surface area contributed by atoms with Crippen molar-refractivity contribution >= 4 is 13.3 Å². The highest BCUT2D eigenvalue weighted by atomic mass is 28.3. The average Bonchev–Trinajstić information content (AvgIpc) is 3.26. The summed E-state index contributed by atoms with van der Waals surface area (Å²) in [5, 5.41) is 1.52. The predicted octanol–water partition coefficient (Wildman–Crippen LogP) is 9.39. The number of benzene rings is 3. The van der Waals surface area contributed by atoms with Crippen LogP contribution in [0.2, 0.25) is 19.6 Å². The lowest BCUT2D eigenvalue weighted by Gasteiger charge is -2.24. The summed E-state index contributed by atoms with van der Waals surface area (Å²) in [6.45, 7) is 12.0. The fraction of sp³-hybridized carbons (Fsp3) is 0.154. The first-order valence-corrected chi connectivity index (χ1v) is 18.4. The largest absolute Gasteiger partial charge is 0.265 e. The van der Waals surface area contributed by atoms with Crippen molar-refractivity contribution in [2.24, 2.45) is 0 Å². The molecule has 3 aromatic heterocycles. The predicted molar refractivity (Wildman–Crippen MR) is 182 cm³/mol. The maximum Gasteiger partial charge on any atom is 0.0776 e. The maximum atomic E-state index is 5.13. The van der Waals surface area contributed by atoms with Crippen LogP contribution in [-0.4, -0.2) is 23.0 Å². The molecule has 210 valence electrons. The molecule has 0 aliphatic heterocycles. The summed E-state index contributed by atoms with van der Waals surface area (Å²) >= 11 is 0. The van der Waals surface area contributed by atoms with E-state index < -0.39 is 8.07 Å². The molecule has 43 heavy (non-hydrogen) atoms. The second-order valence-electron chi connectivity index (χ2n) is 13.1. The first-order chi connectivity index (χ1) is 20.7. The third kappa shape index (κ3) is 4.92. The monoisotopic (exact) mass is 573 g/mol. The number of hydrogen-bond acceptors (Lipinski definition) is 3. The zero-order chi connectivity index (χ0) is 29.8. The molecule has 3 aromatic carbocycles. The second kappa shape index (κ2) is 10.2. The van der Waals surface area contributed by atoms with Gasteiger partial charge in [0.1, 0.15) is 0 Å². The molecule has 0 spiro atoms. The van der Waals surface area contributed by atoms with Gasteiger partial charge in [-0.1, -0.05) is 87.2 Å². The van der Waals surface area contributed by atoms with Crippen LogP contribution in [0, 0.1) is 0 Å². The van der Waals surface area contributed by atoms with Crippen LogP contribution in [0.3, 0.4) is 0 Å². The number of fused-ring (bicyclic) bond motifs is 3. The molecular weight excluding hydrogens is 539 g/mol. The van der Waals surface area contributed by atoms with Crippen LogP contribution >= 0.6 is 0 Å². The summed E-state index contributed by atoms with van der Waals surface area (Å²) in [4.78, 5) is 13.6. The van der Waals surface area contributed by atoms with Crippen LogP contribution in [0.15, 0.2) is 122 Å². The topological polar surface area (TPSA) is 38.7 Å². The molecule has 0 atom stereocenters. The van der Waals surface area contributed by atoms with Gasteiger partial charge in [0.2, 0.25) is 0 Å². The van der Waals surface area contributed by atoms with E-state index in [1.807, 2.05) is 49.1 Å². The minimum absolute atomic E-state index is 0.0478. The quantitative estimate of drug-likeness (QED) is 0.193. The van der Waals surface area contributed by atoms with Crippen LogP contribution in [-0.2, 0) is 5.41 Å². The Morgan fingerprint density at radius 1 is 0.488 bits per heavy atom. The highest BCUT2D eigenvalue weighted by Crippen LogP contribution is 2.49. The summed E-state index contributed by atoms with van der Waals surface area (Å²) < 4.78 is 0. The first-order valence-electron chi connectivity index (χ1n) is 14.9. The zero-order valence-corrected chi connectivity index (χ0v) is 26.4. The third-order valence-corrected chi connectivity index (χ3v) is 10.9. The maximum absolute atomic E-state index is 5.13. The Morgan fingerprint density at radius 2 is 1.05 bits per heavy atom. The number of hydrogen-bond donors (Lipinski definition) is 0. The summed E-state index contributed by atoms with van der Waals surface area (Å²) in [5.74, 6) is 0. The van der Waals surface area contributed by atoms with Gasteiger partial charge in [0.05, 0.1) is 19.5 Å². The van der Waals surface area contributed by atoms with Crippen molar-refractivity contribution < 1.29 is 0 Å². The summed E-state index contributed by atoms with van der Waals surface area (Å²) in [7, 11) is -1.41. The lowest BCUT2D eigenvalue weighted by Crippen LogP contribution is -2.38. The van der Waals surface area contributed by atoms with Crippen LogP contribution in [0.4, 0.5) is 0 Å². The van der Waals surface area contributed by atoms with Gasteiger partial charge in [-0.05, 0) is 93.0 Å². The molecule has 3 heterocycles. The molecule has 0 radical (unpaired) electrons. The Hall–Kier alpha value is -4.67. The smallest absolute Gasteiger partial charge is 0.0776 e. The van der Waals surface area contributed by atoms with Gasteiger partial charge in [0.25, 0.3) is 0 Å².